The smallest absolute Gasteiger partial charge is 0.325 e. The molecule has 0 bridgehead atoms. The molecule has 0 atom stereocenters. The Morgan fingerprint density at radius 1 is 0.700 bits per heavy atom. The molecule has 0 aliphatic heterocycles. The Balaban J connectivity index is 1.95. The summed E-state index contributed by atoms with van der Waals surface area (Å²) < 4.78 is 80.0. The van der Waals surface area contributed by atoms with E-state index in [4.69, 9.17) is 0 Å². The van der Waals surface area contributed by atoms with Gasteiger partial charge in [0, 0.05) is 23.5 Å². The van der Waals surface area contributed by atoms with E-state index < -0.39 is 73.8 Å². The van der Waals surface area contributed by atoms with Crippen molar-refractivity contribution >= 4 is 34.6 Å². The van der Waals surface area contributed by atoms with Crippen molar-refractivity contribution in [1.82, 2.24) is 0 Å². The molecule has 0 unspecified atom stereocenters. The summed E-state index contributed by atoms with van der Waals surface area (Å²) in [5.74, 6) is -4.08. The van der Waals surface area contributed by atoms with Gasteiger partial charge in [0.2, 0.25) is 11.8 Å². The fourth-order valence-electron chi connectivity index (χ4n) is 3.61. The minimum absolute atomic E-state index is 0.305. The van der Waals surface area contributed by atoms with Crippen LogP contribution >= 0.6 is 0 Å². The van der Waals surface area contributed by atoms with Gasteiger partial charge in [0.15, 0.2) is 0 Å². The lowest BCUT2D eigenvalue weighted by molar-refractivity contribution is -0.388. The topological polar surface area (TPSA) is 144 Å². The molecule has 3 aromatic rings. The van der Waals surface area contributed by atoms with Crippen molar-refractivity contribution in [1.29, 1.82) is 0 Å². The van der Waals surface area contributed by atoms with Gasteiger partial charge in [-0.3, -0.25) is 29.8 Å². The van der Waals surface area contributed by atoms with Crippen molar-refractivity contribution in [2.75, 3.05) is 10.6 Å². The van der Waals surface area contributed by atoms with Gasteiger partial charge in [-0.2, -0.15) is 26.3 Å². The maximum atomic E-state index is 13.3. The minimum Gasteiger partial charge on any atom is -0.325 e. The van der Waals surface area contributed by atoms with E-state index in [2.05, 4.69) is 10.6 Å². The normalized spacial score (nSPS) is 11.7. The molecular weight excluding hydrogens is 554 g/mol. The standard InChI is InChI=1S/C24H16F6N4O6/c25-23(26,27)17-11-14(6-8-19(17)33(37)38)31-21(35)16(10-13-4-2-1-3-5-13)22(36)32-15-7-9-20(34(39)40)18(12-15)24(28,29)30/h1-9,11-12,16H,10H2,(H,31,35)(H,32,36). The monoisotopic (exact) mass is 570 g/mol. The molecule has 3 rings (SSSR count). The molecule has 210 valence electrons. The number of amides is 2. The predicted molar refractivity (Wildman–Crippen MR) is 127 cm³/mol. The van der Waals surface area contributed by atoms with Crippen LogP contribution in [0.4, 0.5) is 49.1 Å². The number of anilines is 2. The van der Waals surface area contributed by atoms with E-state index in [0.29, 0.717) is 29.8 Å². The first kappa shape index (κ1) is 29.5. The number of rotatable bonds is 8. The van der Waals surface area contributed by atoms with Crippen LogP contribution in [-0.2, 0) is 28.4 Å². The van der Waals surface area contributed by atoms with Crippen LogP contribution in [0, 0.1) is 26.1 Å². The first-order chi connectivity index (χ1) is 18.6. The summed E-state index contributed by atoms with van der Waals surface area (Å²) in [6.45, 7) is 0. The van der Waals surface area contributed by atoms with Gasteiger partial charge in [0.1, 0.15) is 17.0 Å². The Bertz CT molecular complexity index is 1370. The van der Waals surface area contributed by atoms with Gasteiger partial charge in [-0.1, -0.05) is 30.3 Å². The number of carbonyl (C=O) groups excluding carboxylic acids is 2. The lowest BCUT2D eigenvalue weighted by atomic mass is 9.97. The predicted octanol–water partition coefficient (Wildman–Crippen LogP) is 5.98. The highest BCUT2D eigenvalue weighted by molar-refractivity contribution is 6.11. The molecule has 0 saturated carbocycles. The highest BCUT2D eigenvalue weighted by Crippen LogP contribution is 2.39. The van der Waals surface area contributed by atoms with Crippen LogP contribution < -0.4 is 10.6 Å². The number of alkyl halides is 6. The summed E-state index contributed by atoms with van der Waals surface area (Å²) in [6.07, 6.45) is -10.7. The number of nitro benzene ring substituents is 2. The van der Waals surface area contributed by atoms with E-state index in [0.717, 1.165) is 12.1 Å². The third-order valence-electron chi connectivity index (χ3n) is 5.45. The number of halogens is 6. The summed E-state index contributed by atoms with van der Waals surface area (Å²) in [7, 11) is 0. The summed E-state index contributed by atoms with van der Waals surface area (Å²) in [5, 5.41) is 26.1. The third-order valence-corrected chi connectivity index (χ3v) is 5.45. The average Bonchev–Trinajstić information content (AvgIpc) is 2.86. The number of hydrogen-bond acceptors (Lipinski definition) is 6. The zero-order chi connectivity index (χ0) is 29.8. The molecule has 0 spiro atoms. The minimum atomic E-state index is -5.16. The molecule has 2 N–H and O–H groups in total. The lowest BCUT2D eigenvalue weighted by Crippen LogP contribution is -2.35. The molecular formula is C24H16F6N4O6. The summed E-state index contributed by atoms with van der Waals surface area (Å²) >= 11 is 0. The van der Waals surface area contributed by atoms with Crippen molar-refractivity contribution in [2.45, 2.75) is 18.8 Å². The van der Waals surface area contributed by atoms with Gasteiger partial charge in [-0.15, -0.1) is 0 Å². The van der Waals surface area contributed by atoms with Crippen LogP contribution in [-0.4, -0.2) is 21.7 Å². The average molecular weight is 570 g/mol. The Morgan fingerprint density at radius 3 is 1.45 bits per heavy atom. The second-order valence-electron chi connectivity index (χ2n) is 8.19. The van der Waals surface area contributed by atoms with Gasteiger partial charge in [0.05, 0.1) is 9.85 Å². The van der Waals surface area contributed by atoms with E-state index in [1.807, 2.05) is 0 Å². The van der Waals surface area contributed by atoms with Crippen molar-refractivity contribution in [2.24, 2.45) is 5.92 Å². The van der Waals surface area contributed by atoms with Crippen LogP contribution in [0.3, 0.4) is 0 Å². The molecule has 16 heteroatoms. The molecule has 3 aromatic carbocycles. The fourth-order valence-corrected chi connectivity index (χ4v) is 3.61. The van der Waals surface area contributed by atoms with Gasteiger partial charge < -0.3 is 10.6 Å². The van der Waals surface area contributed by atoms with E-state index in [1.54, 1.807) is 18.2 Å². The number of nitro groups is 2. The van der Waals surface area contributed by atoms with Crippen LogP contribution in [0.15, 0.2) is 66.7 Å². The van der Waals surface area contributed by atoms with E-state index in [9.17, 15) is 56.2 Å². The van der Waals surface area contributed by atoms with Crippen molar-refractivity contribution in [3.8, 4) is 0 Å². The van der Waals surface area contributed by atoms with Crippen LogP contribution in [0.5, 0.6) is 0 Å². The van der Waals surface area contributed by atoms with Gasteiger partial charge in [-0.05, 0) is 36.2 Å². The maximum absolute atomic E-state index is 13.3. The van der Waals surface area contributed by atoms with Gasteiger partial charge in [0.25, 0.3) is 11.4 Å². The fraction of sp³-hybridized carbons (Fsp3) is 0.167. The van der Waals surface area contributed by atoms with E-state index in [1.165, 1.54) is 12.1 Å². The molecule has 0 saturated heterocycles. The Kier molecular flexibility index (Phi) is 8.41. The number of benzene rings is 3. The number of nitrogens with one attached hydrogen (secondary N) is 2. The largest absolute Gasteiger partial charge is 0.423 e. The molecule has 0 radical (unpaired) electrons. The SMILES string of the molecule is O=C(Nc1ccc([N+](=O)[O-])c(C(F)(F)F)c1)C(Cc1ccccc1)C(=O)Nc1ccc([N+](=O)[O-])c(C(F)(F)F)c1. The molecule has 0 fully saturated rings. The first-order valence-electron chi connectivity index (χ1n) is 10.9. The molecule has 0 aromatic heterocycles. The van der Waals surface area contributed by atoms with Crippen molar-refractivity contribution < 1.29 is 45.8 Å². The summed E-state index contributed by atoms with van der Waals surface area (Å²) in [4.78, 5) is 45.5. The molecule has 0 aliphatic carbocycles. The lowest BCUT2D eigenvalue weighted by Gasteiger charge is -2.18. The highest BCUT2D eigenvalue weighted by atomic mass is 19.4. The Hall–Kier alpha value is -5.02. The van der Waals surface area contributed by atoms with Gasteiger partial charge >= 0.3 is 12.4 Å². The van der Waals surface area contributed by atoms with Crippen LogP contribution in [0.1, 0.15) is 16.7 Å². The number of nitrogens with zero attached hydrogens (tertiary/aromatic N) is 2. The number of carbonyl (C=O) groups is 2. The molecule has 0 aliphatic rings. The molecule has 0 heterocycles. The van der Waals surface area contributed by atoms with Crippen molar-refractivity contribution in [3.63, 3.8) is 0 Å². The van der Waals surface area contributed by atoms with E-state index in [-0.39, 0.29) is 6.42 Å². The zero-order valence-electron chi connectivity index (χ0n) is 19.7. The quantitative estimate of drug-likeness (QED) is 0.148. The van der Waals surface area contributed by atoms with Crippen molar-refractivity contribution in [3.05, 3.63) is 104 Å². The maximum Gasteiger partial charge on any atom is 0.423 e. The zero-order valence-corrected chi connectivity index (χ0v) is 19.7. The highest BCUT2D eigenvalue weighted by Gasteiger charge is 2.40. The van der Waals surface area contributed by atoms with Crippen LogP contribution in [0.2, 0.25) is 0 Å². The molecule has 10 nitrogen and oxygen atoms in total. The van der Waals surface area contributed by atoms with Crippen LogP contribution in [0.25, 0.3) is 0 Å². The Morgan fingerprint density at radius 2 is 1.10 bits per heavy atom. The molecule has 40 heavy (non-hydrogen) atoms. The van der Waals surface area contributed by atoms with Gasteiger partial charge in [-0.25, -0.2) is 0 Å². The first-order valence-corrected chi connectivity index (χ1v) is 10.9. The Labute approximate surface area is 219 Å². The molecule has 2 amide bonds. The summed E-state index contributed by atoms with van der Waals surface area (Å²) in [5.41, 5.74) is -6.55. The summed E-state index contributed by atoms with van der Waals surface area (Å²) in [6, 6.07) is 11.0. The van der Waals surface area contributed by atoms with E-state index >= 15 is 0 Å². The second-order valence-corrected chi connectivity index (χ2v) is 8.19. The second kappa shape index (κ2) is 11.4. The number of hydrogen-bond donors (Lipinski definition) is 2. The third kappa shape index (κ3) is 7.09.